The highest BCUT2D eigenvalue weighted by atomic mass is 16.4. The Morgan fingerprint density at radius 2 is 1.47 bits per heavy atom. The summed E-state index contributed by atoms with van der Waals surface area (Å²) in [6.45, 7) is 6.57. The molecule has 2 N–H and O–H groups in total. The Bertz CT molecular complexity index is 242. The lowest BCUT2D eigenvalue weighted by atomic mass is 9.90. The van der Waals surface area contributed by atoms with Crippen LogP contribution in [-0.4, -0.2) is 46.7 Å². The summed E-state index contributed by atoms with van der Waals surface area (Å²) in [6.07, 6.45) is 2.87. The van der Waals surface area contributed by atoms with Crippen molar-refractivity contribution < 1.29 is 19.8 Å². The third kappa shape index (κ3) is 11.2. The Kier molecular flexibility index (Phi) is 6.80. The summed E-state index contributed by atoms with van der Waals surface area (Å²) >= 11 is 0. The van der Waals surface area contributed by atoms with Gasteiger partial charge < -0.3 is 10.2 Å². The van der Waals surface area contributed by atoms with E-state index >= 15 is 0 Å². The average Bonchev–Trinajstić information content (AvgIpc) is 2.08. The molecule has 0 bridgehead atoms. The Hall–Kier alpha value is -1.10. The van der Waals surface area contributed by atoms with E-state index in [-0.39, 0.29) is 18.5 Å². The van der Waals surface area contributed by atoms with Crippen LogP contribution in [-0.2, 0) is 9.59 Å². The molecule has 0 aromatic rings. The van der Waals surface area contributed by atoms with E-state index in [0.29, 0.717) is 6.54 Å². The van der Waals surface area contributed by atoms with Crippen LogP contribution in [0.4, 0.5) is 0 Å². The van der Waals surface area contributed by atoms with Crippen molar-refractivity contribution in [2.24, 2.45) is 5.41 Å². The van der Waals surface area contributed by atoms with Crippen molar-refractivity contribution in [3.63, 3.8) is 0 Å². The number of unbranched alkanes of at least 4 members (excludes halogenated alkanes) is 1. The minimum Gasteiger partial charge on any atom is -0.480 e. The molecule has 0 aliphatic carbocycles. The SMILES string of the molecule is CC(C)(C)CCCCN(CC(=O)O)CC(=O)O. The molecular weight excluding hydrogens is 222 g/mol. The molecule has 0 saturated heterocycles. The van der Waals surface area contributed by atoms with Gasteiger partial charge in [0.05, 0.1) is 13.1 Å². The molecule has 100 valence electrons. The molecule has 5 nitrogen and oxygen atoms in total. The molecule has 0 unspecified atom stereocenters. The smallest absolute Gasteiger partial charge is 0.317 e. The van der Waals surface area contributed by atoms with E-state index in [0.717, 1.165) is 19.3 Å². The largest absolute Gasteiger partial charge is 0.480 e. The number of carboxylic acid groups (broad SMARTS) is 2. The van der Waals surface area contributed by atoms with Crippen molar-refractivity contribution in [2.45, 2.75) is 40.0 Å². The van der Waals surface area contributed by atoms with E-state index in [1.165, 1.54) is 4.90 Å². The summed E-state index contributed by atoms with van der Waals surface area (Å²) in [7, 11) is 0. The first-order valence-corrected chi connectivity index (χ1v) is 5.86. The van der Waals surface area contributed by atoms with Gasteiger partial charge in [-0.05, 0) is 24.8 Å². The van der Waals surface area contributed by atoms with E-state index in [9.17, 15) is 9.59 Å². The maximum absolute atomic E-state index is 10.5. The van der Waals surface area contributed by atoms with Crippen molar-refractivity contribution in [3.8, 4) is 0 Å². The van der Waals surface area contributed by atoms with Gasteiger partial charge in [0, 0.05) is 0 Å². The molecule has 0 amide bonds. The van der Waals surface area contributed by atoms with E-state index in [1.54, 1.807) is 0 Å². The highest BCUT2D eigenvalue weighted by Gasteiger charge is 2.14. The second-order valence-electron chi connectivity index (χ2n) is 5.52. The van der Waals surface area contributed by atoms with Crippen LogP contribution in [0.15, 0.2) is 0 Å². The first-order chi connectivity index (χ1) is 7.70. The maximum atomic E-state index is 10.5. The van der Waals surface area contributed by atoms with Gasteiger partial charge >= 0.3 is 11.9 Å². The molecule has 17 heavy (non-hydrogen) atoms. The van der Waals surface area contributed by atoms with Gasteiger partial charge in [0.1, 0.15) is 0 Å². The Labute approximate surface area is 102 Å². The summed E-state index contributed by atoms with van der Waals surface area (Å²) < 4.78 is 0. The second-order valence-corrected chi connectivity index (χ2v) is 5.52. The first-order valence-electron chi connectivity index (χ1n) is 5.86. The standard InChI is InChI=1S/C12H23NO4/c1-12(2,3)6-4-5-7-13(8-10(14)15)9-11(16)17/h4-9H2,1-3H3,(H,14,15)(H,16,17). The summed E-state index contributed by atoms with van der Waals surface area (Å²) in [5.74, 6) is -1.97. The zero-order valence-electron chi connectivity index (χ0n) is 10.9. The lowest BCUT2D eigenvalue weighted by Gasteiger charge is -2.20. The molecule has 0 heterocycles. The predicted molar refractivity (Wildman–Crippen MR) is 65.0 cm³/mol. The van der Waals surface area contributed by atoms with Gasteiger partial charge in [-0.15, -0.1) is 0 Å². The third-order valence-corrected chi connectivity index (χ3v) is 2.37. The number of rotatable bonds is 8. The molecule has 0 aromatic heterocycles. The van der Waals surface area contributed by atoms with Crippen LogP contribution in [0, 0.1) is 5.41 Å². The molecule has 0 radical (unpaired) electrons. The maximum Gasteiger partial charge on any atom is 0.317 e. The first kappa shape index (κ1) is 15.9. The normalized spacial score (nSPS) is 11.8. The van der Waals surface area contributed by atoms with Crippen LogP contribution in [0.2, 0.25) is 0 Å². The number of hydrogen-bond acceptors (Lipinski definition) is 3. The fraction of sp³-hybridized carbons (Fsp3) is 0.833. The minimum absolute atomic E-state index is 0.207. The summed E-state index contributed by atoms with van der Waals surface area (Å²) in [4.78, 5) is 22.5. The number of carbonyl (C=O) groups is 2. The van der Waals surface area contributed by atoms with Gasteiger partial charge in [0.2, 0.25) is 0 Å². The molecule has 5 heteroatoms. The van der Waals surface area contributed by atoms with Crippen molar-refractivity contribution in [1.82, 2.24) is 4.90 Å². The molecule has 0 atom stereocenters. The number of aliphatic carboxylic acids is 2. The molecule has 0 aliphatic rings. The van der Waals surface area contributed by atoms with Gasteiger partial charge in [-0.1, -0.05) is 27.2 Å². The highest BCUT2D eigenvalue weighted by molar-refractivity contribution is 5.72. The fourth-order valence-electron chi connectivity index (χ4n) is 1.59. The van der Waals surface area contributed by atoms with Crippen molar-refractivity contribution in [2.75, 3.05) is 19.6 Å². The van der Waals surface area contributed by atoms with Gasteiger partial charge in [-0.3, -0.25) is 14.5 Å². The highest BCUT2D eigenvalue weighted by Crippen LogP contribution is 2.21. The molecule has 0 aliphatic heterocycles. The zero-order chi connectivity index (χ0) is 13.5. The Morgan fingerprint density at radius 3 is 1.82 bits per heavy atom. The summed E-state index contributed by atoms with van der Waals surface area (Å²) in [6, 6.07) is 0. The summed E-state index contributed by atoms with van der Waals surface area (Å²) in [5, 5.41) is 17.3. The van der Waals surface area contributed by atoms with E-state index in [4.69, 9.17) is 10.2 Å². The lowest BCUT2D eigenvalue weighted by Crippen LogP contribution is -2.35. The quantitative estimate of drug-likeness (QED) is 0.636. The van der Waals surface area contributed by atoms with Crippen LogP contribution in [0.1, 0.15) is 40.0 Å². The monoisotopic (exact) mass is 245 g/mol. The molecular formula is C12H23NO4. The van der Waals surface area contributed by atoms with Crippen LogP contribution >= 0.6 is 0 Å². The summed E-state index contributed by atoms with van der Waals surface area (Å²) in [5.41, 5.74) is 0.268. The minimum atomic E-state index is -0.984. The zero-order valence-corrected chi connectivity index (χ0v) is 10.9. The van der Waals surface area contributed by atoms with Crippen molar-refractivity contribution in [3.05, 3.63) is 0 Å². The Balaban J connectivity index is 3.91. The number of hydrogen-bond donors (Lipinski definition) is 2. The van der Waals surface area contributed by atoms with E-state index in [1.807, 2.05) is 0 Å². The molecule has 0 aromatic carbocycles. The van der Waals surface area contributed by atoms with Crippen LogP contribution in [0.5, 0.6) is 0 Å². The lowest BCUT2D eigenvalue weighted by molar-refractivity contribution is -0.141. The van der Waals surface area contributed by atoms with E-state index in [2.05, 4.69) is 20.8 Å². The van der Waals surface area contributed by atoms with Crippen molar-refractivity contribution >= 4 is 11.9 Å². The topological polar surface area (TPSA) is 77.8 Å². The van der Waals surface area contributed by atoms with Crippen LogP contribution in [0.25, 0.3) is 0 Å². The Morgan fingerprint density at radius 1 is 1.00 bits per heavy atom. The molecule has 0 fully saturated rings. The van der Waals surface area contributed by atoms with Gasteiger partial charge in [-0.25, -0.2) is 0 Å². The number of nitrogens with zero attached hydrogens (tertiary/aromatic N) is 1. The second kappa shape index (κ2) is 7.27. The molecule has 0 saturated carbocycles. The third-order valence-electron chi connectivity index (χ3n) is 2.37. The van der Waals surface area contributed by atoms with Gasteiger partial charge in [0.15, 0.2) is 0 Å². The predicted octanol–water partition coefficient (Wildman–Crippen LogP) is 1.67. The molecule has 0 spiro atoms. The van der Waals surface area contributed by atoms with Crippen LogP contribution in [0.3, 0.4) is 0 Å². The van der Waals surface area contributed by atoms with Crippen molar-refractivity contribution in [1.29, 1.82) is 0 Å². The number of carboxylic acids is 2. The van der Waals surface area contributed by atoms with Gasteiger partial charge in [0.25, 0.3) is 0 Å². The van der Waals surface area contributed by atoms with Gasteiger partial charge in [-0.2, -0.15) is 0 Å². The molecule has 0 rings (SSSR count). The van der Waals surface area contributed by atoms with E-state index < -0.39 is 11.9 Å². The fourth-order valence-corrected chi connectivity index (χ4v) is 1.59. The average molecular weight is 245 g/mol. The van der Waals surface area contributed by atoms with Crippen LogP contribution < -0.4 is 0 Å².